The highest BCUT2D eigenvalue weighted by Gasteiger charge is 2.29. The third kappa shape index (κ3) is 4.97. The minimum absolute atomic E-state index is 0.118. The Morgan fingerprint density at radius 3 is 2.29 bits per heavy atom. The van der Waals surface area contributed by atoms with Crippen LogP contribution in [0, 0.1) is 5.82 Å². The first-order valence-corrected chi connectivity index (χ1v) is 9.98. The minimum atomic E-state index is -0.262. The lowest BCUT2D eigenvalue weighted by Crippen LogP contribution is -2.49. The zero-order valence-electron chi connectivity index (χ0n) is 16.3. The topological polar surface area (TPSA) is 40.6 Å². The van der Waals surface area contributed by atoms with Crippen LogP contribution in [-0.4, -0.2) is 35.8 Å². The molecule has 0 aliphatic carbocycles. The highest BCUT2D eigenvalue weighted by atomic mass is 19.1. The molecule has 0 spiro atoms. The average Bonchev–Trinajstić information content (AvgIpc) is 2.74. The summed E-state index contributed by atoms with van der Waals surface area (Å²) in [5.41, 5.74) is 1.89. The number of hydrogen-bond donors (Lipinski definition) is 0. The Bertz CT molecular complexity index is 784. The van der Waals surface area contributed by atoms with Gasteiger partial charge in [-0.1, -0.05) is 37.3 Å². The maximum Gasteiger partial charge on any atom is 0.226 e. The third-order valence-corrected chi connectivity index (χ3v) is 5.33. The molecule has 148 valence electrons. The molecule has 0 atom stereocenters. The summed E-state index contributed by atoms with van der Waals surface area (Å²) in [4.78, 5) is 28.9. The zero-order valence-corrected chi connectivity index (χ0v) is 16.3. The molecule has 1 heterocycles. The van der Waals surface area contributed by atoms with Gasteiger partial charge in [-0.2, -0.15) is 0 Å². The van der Waals surface area contributed by atoms with Gasteiger partial charge >= 0.3 is 0 Å². The lowest BCUT2D eigenvalue weighted by atomic mass is 10.0. The number of nitrogens with zero attached hydrogens (tertiary/aromatic N) is 2. The molecule has 4 nitrogen and oxygen atoms in total. The van der Waals surface area contributed by atoms with Gasteiger partial charge in [0.15, 0.2) is 0 Å². The Hall–Kier alpha value is -2.69. The molecular weight excluding hydrogens is 355 g/mol. The van der Waals surface area contributed by atoms with E-state index in [1.807, 2.05) is 47.1 Å². The van der Waals surface area contributed by atoms with Crippen molar-refractivity contribution in [1.82, 2.24) is 4.90 Å². The first-order chi connectivity index (χ1) is 13.6. The normalized spacial score (nSPS) is 14.7. The van der Waals surface area contributed by atoms with Gasteiger partial charge in [0.05, 0.1) is 0 Å². The first kappa shape index (κ1) is 20.1. The van der Waals surface area contributed by atoms with E-state index < -0.39 is 0 Å². The molecule has 0 aromatic heterocycles. The summed E-state index contributed by atoms with van der Waals surface area (Å²) in [6.45, 7) is 3.20. The van der Waals surface area contributed by atoms with E-state index in [2.05, 4.69) is 0 Å². The Kier molecular flexibility index (Phi) is 6.80. The Morgan fingerprint density at radius 1 is 1.04 bits per heavy atom. The molecule has 28 heavy (non-hydrogen) atoms. The van der Waals surface area contributed by atoms with Gasteiger partial charge in [0.1, 0.15) is 5.82 Å². The number of halogens is 1. The van der Waals surface area contributed by atoms with E-state index in [-0.39, 0.29) is 23.7 Å². The van der Waals surface area contributed by atoms with Crippen molar-refractivity contribution >= 4 is 17.5 Å². The van der Waals surface area contributed by atoms with Gasteiger partial charge in [0.2, 0.25) is 11.8 Å². The van der Waals surface area contributed by atoms with Crippen LogP contribution < -0.4 is 4.90 Å². The third-order valence-electron chi connectivity index (χ3n) is 5.33. The van der Waals surface area contributed by atoms with Crippen LogP contribution in [0.2, 0.25) is 0 Å². The smallest absolute Gasteiger partial charge is 0.226 e. The van der Waals surface area contributed by atoms with Crippen molar-refractivity contribution in [2.24, 2.45) is 0 Å². The number of anilines is 1. The van der Waals surface area contributed by atoms with Crippen molar-refractivity contribution in [1.29, 1.82) is 0 Å². The molecule has 5 heteroatoms. The van der Waals surface area contributed by atoms with Crippen LogP contribution in [0.3, 0.4) is 0 Å². The van der Waals surface area contributed by atoms with E-state index in [9.17, 15) is 14.0 Å². The summed E-state index contributed by atoms with van der Waals surface area (Å²) in [7, 11) is 0. The maximum atomic E-state index is 13.0. The van der Waals surface area contributed by atoms with Gasteiger partial charge in [-0.3, -0.25) is 9.59 Å². The fourth-order valence-corrected chi connectivity index (χ4v) is 3.75. The summed E-state index contributed by atoms with van der Waals surface area (Å²) < 4.78 is 13.0. The minimum Gasteiger partial charge on any atom is -0.343 e. The zero-order chi connectivity index (χ0) is 19.9. The largest absolute Gasteiger partial charge is 0.343 e. The van der Waals surface area contributed by atoms with Crippen molar-refractivity contribution in [2.45, 2.75) is 45.1 Å². The number of aryl methyl sites for hydroxylation is 1. The summed E-state index contributed by atoms with van der Waals surface area (Å²) in [5, 5.41) is 0. The number of amides is 2. The molecule has 0 saturated carbocycles. The van der Waals surface area contributed by atoms with E-state index in [4.69, 9.17) is 0 Å². The van der Waals surface area contributed by atoms with Gasteiger partial charge in [0.25, 0.3) is 0 Å². The predicted octanol–water partition coefficient (Wildman–Crippen LogP) is 4.19. The van der Waals surface area contributed by atoms with Crippen LogP contribution in [0.1, 0.15) is 38.2 Å². The number of likely N-dealkylation sites (tertiary alicyclic amines) is 1. The molecule has 0 unspecified atom stereocenters. The molecule has 2 aromatic carbocycles. The van der Waals surface area contributed by atoms with Gasteiger partial charge < -0.3 is 9.80 Å². The maximum absolute atomic E-state index is 13.0. The quantitative estimate of drug-likeness (QED) is 0.752. The second-order valence-electron chi connectivity index (χ2n) is 7.19. The molecule has 1 aliphatic heterocycles. The van der Waals surface area contributed by atoms with E-state index >= 15 is 0 Å². The number of carbonyl (C=O) groups excluding carboxylic acids is 2. The van der Waals surface area contributed by atoms with Crippen LogP contribution in [0.5, 0.6) is 0 Å². The SMILES string of the molecule is CCC(=O)N(c1ccccc1)C1CCN(C(=O)CCc2ccc(F)cc2)CC1. The molecule has 1 aliphatic rings. The number of hydrogen-bond acceptors (Lipinski definition) is 2. The molecule has 0 radical (unpaired) electrons. The summed E-state index contributed by atoms with van der Waals surface area (Å²) >= 11 is 0. The van der Waals surface area contributed by atoms with Crippen molar-refractivity contribution in [2.75, 3.05) is 18.0 Å². The number of rotatable bonds is 6. The van der Waals surface area contributed by atoms with E-state index in [0.717, 1.165) is 24.1 Å². The first-order valence-electron chi connectivity index (χ1n) is 9.98. The fourth-order valence-electron chi connectivity index (χ4n) is 3.75. The van der Waals surface area contributed by atoms with Crippen LogP contribution in [0.25, 0.3) is 0 Å². The molecule has 2 amide bonds. The summed E-state index contributed by atoms with van der Waals surface area (Å²) in [5.74, 6) is -0.0233. The summed E-state index contributed by atoms with van der Waals surface area (Å²) in [6, 6.07) is 16.2. The second kappa shape index (κ2) is 9.49. The molecule has 3 rings (SSSR count). The van der Waals surface area contributed by atoms with Gasteiger partial charge in [-0.05, 0) is 49.1 Å². The van der Waals surface area contributed by atoms with Crippen LogP contribution >= 0.6 is 0 Å². The predicted molar refractivity (Wildman–Crippen MR) is 109 cm³/mol. The lowest BCUT2D eigenvalue weighted by Gasteiger charge is -2.38. The van der Waals surface area contributed by atoms with Gasteiger partial charge in [-0.15, -0.1) is 0 Å². The monoisotopic (exact) mass is 382 g/mol. The molecule has 0 N–H and O–H groups in total. The van der Waals surface area contributed by atoms with E-state index in [0.29, 0.717) is 32.4 Å². The van der Waals surface area contributed by atoms with Gasteiger partial charge in [-0.25, -0.2) is 4.39 Å². The van der Waals surface area contributed by atoms with Gasteiger partial charge in [0, 0.05) is 37.7 Å². The Morgan fingerprint density at radius 2 is 1.68 bits per heavy atom. The van der Waals surface area contributed by atoms with Crippen LogP contribution in [0.4, 0.5) is 10.1 Å². The number of para-hydroxylation sites is 1. The number of benzene rings is 2. The molecule has 1 saturated heterocycles. The standard InChI is InChI=1S/C23H27FN2O2/c1-2-22(27)26(20-6-4-3-5-7-20)21-14-16-25(17-15-21)23(28)13-10-18-8-11-19(24)12-9-18/h3-9,11-12,21H,2,10,13-17H2,1H3. The second-order valence-corrected chi connectivity index (χ2v) is 7.19. The highest BCUT2D eigenvalue weighted by Crippen LogP contribution is 2.25. The number of piperidine rings is 1. The van der Waals surface area contributed by atoms with Crippen LogP contribution in [0.15, 0.2) is 54.6 Å². The van der Waals surface area contributed by atoms with Crippen LogP contribution in [-0.2, 0) is 16.0 Å². The lowest BCUT2D eigenvalue weighted by molar-refractivity contribution is -0.132. The fraction of sp³-hybridized carbons (Fsp3) is 0.391. The molecule has 1 fully saturated rings. The average molecular weight is 382 g/mol. The number of carbonyl (C=O) groups is 2. The van der Waals surface area contributed by atoms with Crippen molar-refractivity contribution in [3.63, 3.8) is 0 Å². The molecule has 0 bridgehead atoms. The van der Waals surface area contributed by atoms with Crippen molar-refractivity contribution < 1.29 is 14.0 Å². The van der Waals surface area contributed by atoms with Crippen molar-refractivity contribution in [3.8, 4) is 0 Å². The van der Waals surface area contributed by atoms with Crippen molar-refractivity contribution in [3.05, 3.63) is 66.0 Å². The van der Waals surface area contributed by atoms with E-state index in [1.54, 1.807) is 12.1 Å². The Labute approximate surface area is 166 Å². The highest BCUT2D eigenvalue weighted by molar-refractivity contribution is 5.93. The Balaban J connectivity index is 1.55. The van der Waals surface area contributed by atoms with E-state index in [1.165, 1.54) is 12.1 Å². The molecule has 2 aromatic rings. The molecular formula is C23H27FN2O2. The summed E-state index contributed by atoms with van der Waals surface area (Å²) in [6.07, 6.45) is 3.06.